The molecule has 3 atom stereocenters. The summed E-state index contributed by atoms with van der Waals surface area (Å²) in [7, 11) is 0. The molecule has 0 saturated heterocycles. The summed E-state index contributed by atoms with van der Waals surface area (Å²) in [6.07, 6.45) is 4.37. The topological polar surface area (TPSA) is 0 Å². The summed E-state index contributed by atoms with van der Waals surface area (Å²) in [6.45, 7) is 3.91. The number of hydrogen-bond donors (Lipinski definition) is 0. The van der Waals surface area contributed by atoms with Crippen LogP contribution in [0.15, 0.2) is 24.3 Å². The van der Waals surface area contributed by atoms with Gasteiger partial charge in [0.25, 0.3) is 0 Å². The molecule has 0 aliphatic heterocycles. The van der Waals surface area contributed by atoms with Crippen LogP contribution in [0.2, 0.25) is 0 Å². The lowest BCUT2D eigenvalue weighted by Gasteiger charge is -1.87. The maximum absolute atomic E-state index is 3.91. The molecule has 1 heteroatoms. The van der Waals surface area contributed by atoms with Gasteiger partial charge in [-0.3, -0.25) is 0 Å². The molecule has 0 N–H and O–H groups in total. The van der Waals surface area contributed by atoms with Crippen molar-refractivity contribution in [3.05, 3.63) is 24.3 Å². The molecule has 0 aromatic rings. The first-order chi connectivity index (χ1) is 3.80. The third kappa shape index (κ3) is 0.408. The monoisotopic (exact) mass is 170 g/mol. The zero-order valence-electron chi connectivity index (χ0n) is 4.47. The normalized spacial score (nSPS) is 49.6. The van der Waals surface area contributed by atoms with E-state index in [2.05, 4.69) is 34.7 Å². The molecule has 42 valence electrons. The van der Waals surface area contributed by atoms with Crippen LogP contribution in [0.5, 0.6) is 0 Å². The Bertz CT molecular complexity index is 169. The Morgan fingerprint density at radius 1 is 1.62 bits per heavy atom. The fourth-order valence-corrected chi connectivity index (χ4v) is 2.34. The molecular formula is C7H7Br. The molecule has 8 heavy (non-hydrogen) atoms. The maximum atomic E-state index is 3.91. The van der Waals surface area contributed by atoms with E-state index in [1.54, 1.807) is 0 Å². The van der Waals surface area contributed by atoms with E-state index in [-0.39, 0.29) is 0 Å². The minimum atomic E-state index is 0.722. The number of rotatable bonds is 0. The molecule has 0 amide bonds. The van der Waals surface area contributed by atoms with Gasteiger partial charge in [-0.1, -0.05) is 40.2 Å². The van der Waals surface area contributed by atoms with E-state index < -0.39 is 0 Å². The van der Waals surface area contributed by atoms with E-state index in [4.69, 9.17) is 0 Å². The summed E-state index contributed by atoms with van der Waals surface area (Å²) >= 11 is 3.55. The predicted octanol–water partition coefficient (Wildman–Crippen LogP) is 2.12. The van der Waals surface area contributed by atoms with Gasteiger partial charge in [0.1, 0.15) is 0 Å². The van der Waals surface area contributed by atoms with Gasteiger partial charge >= 0.3 is 0 Å². The van der Waals surface area contributed by atoms with Crippen molar-refractivity contribution in [2.75, 3.05) is 0 Å². The van der Waals surface area contributed by atoms with Gasteiger partial charge < -0.3 is 0 Å². The van der Waals surface area contributed by atoms with Gasteiger partial charge in [0, 0.05) is 10.7 Å². The Morgan fingerprint density at radius 2 is 2.38 bits per heavy atom. The quantitative estimate of drug-likeness (QED) is 0.489. The SMILES string of the molecule is C=C1C=CC2C(Br)C12. The van der Waals surface area contributed by atoms with Crippen LogP contribution in [0, 0.1) is 11.8 Å². The van der Waals surface area contributed by atoms with Crippen molar-refractivity contribution in [3.8, 4) is 0 Å². The van der Waals surface area contributed by atoms with Crippen molar-refractivity contribution in [2.24, 2.45) is 11.8 Å². The van der Waals surface area contributed by atoms with Crippen LogP contribution < -0.4 is 0 Å². The highest BCUT2D eigenvalue weighted by molar-refractivity contribution is 9.09. The number of hydrogen-bond acceptors (Lipinski definition) is 0. The first-order valence-corrected chi connectivity index (χ1v) is 3.73. The van der Waals surface area contributed by atoms with Crippen molar-refractivity contribution in [2.45, 2.75) is 4.83 Å². The summed E-state index contributed by atoms with van der Waals surface area (Å²) in [4.78, 5) is 0.722. The summed E-state index contributed by atoms with van der Waals surface area (Å²) in [5.41, 5.74) is 1.30. The lowest BCUT2D eigenvalue weighted by Crippen LogP contribution is -1.78. The van der Waals surface area contributed by atoms with Crippen LogP contribution >= 0.6 is 15.9 Å². The van der Waals surface area contributed by atoms with Gasteiger partial charge in [0.05, 0.1) is 0 Å². The molecule has 1 saturated carbocycles. The average Bonchev–Trinajstić information content (AvgIpc) is 2.13. The van der Waals surface area contributed by atoms with Crippen LogP contribution in [0.4, 0.5) is 0 Å². The van der Waals surface area contributed by atoms with Gasteiger partial charge in [0.2, 0.25) is 0 Å². The van der Waals surface area contributed by atoms with Gasteiger partial charge in [0.15, 0.2) is 0 Å². The molecule has 3 unspecified atom stereocenters. The highest BCUT2D eigenvalue weighted by Gasteiger charge is 2.50. The van der Waals surface area contributed by atoms with Crippen LogP contribution in [0.25, 0.3) is 0 Å². The minimum absolute atomic E-state index is 0.722. The smallest absolute Gasteiger partial charge is 0.0289 e. The Kier molecular flexibility index (Phi) is 0.762. The molecule has 1 fully saturated rings. The summed E-state index contributed by atoms with van der Waals surface area (Å²) in [5, 5.41) is 0. The molecule has 2 aliphatic carbocycles. The first-order valence-electron chi connectivity index (χ1n) is 2.82. The number of halogens is 1. The number of fused-ring (bicyclic) bond motifs is 1. The lowest BCUT2D eigenvalue weighted by molar-refractivity contribution is 1.01. The van der Waals surface area contributed by atoms with Gasteiger partial charge in [-0.2, -0.15) is 0 Å². The molecule has 0 bridgehead atoms. The van der Waals surface area contributed by atoms with Gasteiger partial charge in [-0.25, -0.2) is 0 Å². The molecule has 0 nitrogen and oxygen atoms in total. The van der Waals surface area contributed by atoms with E-state index >= 15 is 0 Å². The van der Waals surface area contributed by atoms with E-state index in [0.29, 0.717) is 0 Å². The number of alkyl halides is 1. The molecule has 0 aromatic carbocycles. The van der Waals surface area contributed by atoms with E-state index in [1.807, 2.05) is 0 Å². The summed E-state index contributed by atoms with van der Waals surface area (Å²) in [5.74, 6) is 1.55. The van der Waals surface area contributed by atoms with Crippen LogP contribution in [-0.4, -0.2) is 4.83 Å². The summed E-state index contributed by atoms with van der Waals surface area (Å²) in [6, 6.07) is 0. The Labute approximate surface area is 57.4 Å². The highest BCUT2D eigenvalue weighted by Crippen LogP contribution is 2.54. The largest absolute Gasteiger partial charge is 0.0955 e. The lowest BCUT2D eigenvalue weighted by atomic mass is 10.2. The van der Waals surface area contributed by atoms with Gasteiger partial charge in [-0.05, 0) is 5.92 Å². The van der Waals surface area contributed by atoms with E-state index in [9.17, 15) is 0 Å². The third-order valence-electron chi connectivity index (χ3n) is 1.95. The molecule has 2 aliphatic rings. The van der Waals surface area contributed by atoms with E-state index in [0.717, 1.165) is 16.7 Å². The Hall–Kier alpha value is -0.0400. The molecule has 0 radical (unpaired) electrons. The fourth-order valence-electron chi connectivity index (χ4n) is 1.32. The minimum Gasteiger partial charge on any atom is -0.0955 e. The molecular weight excluding hydrogens is 164 g/mol. The van der Waals surface area contributed by atoms with E-state index in [1.165, 1.54) is 5.57 Å². The molecule has 0 spiro atoms. The second kappa shape index (κ2) is 1.27. The highest BCUT2D eigenvalue weighted by atomic mass is 79.9. The van der Waals surface area contributed by atoms with Crippen LogP contribution in [-0.2, 0) is 0 Å². The maximum Gasteiger partial charge on any atom is 0.0289 e. The second-order valence-corrected chi connectivity index (χ2v) is 3.54. The van der Waals surface area contributed by atoms with Crippen LogP contribution in [0.3, 0.4) is 0 Å². The Balaban J connectivity index is 2.29. The standard InChI is InChI=1S/C7H7Br/c1-4-2-3-5-6(4)7(5)8/h2-3,5-7H,1H2. The van der Waals surface area contributed by atoms with Gasteiger partial charge in [-0.15, -0.1) is 0 Å². The first kappa shape index (κ1) is 4.80. The zero-order valence-corrected chi connectivity index (χ0v) is 6.06. The van der Waals surface area contributed by atoms with Crippen molar-refractivity contribution in [1.82, 2.24) is 0 Å². The third-order valence-corrected chi connectivity index (χ3v) is 3.13. The predicted molar refractivity (Wildman–Crippen MR) is 38.0 cm³/mol. The van der Waals surface area contributed by atoms with Crippen molar-refractivity contribution < 1.29 is 0 Å². The molecule has 2 rings (SSSR count). The zero-order chi connectivity index (χ0) is 5.72. The summed E-state index contributed by atoms with van der Waals surface area (Å²) < 4.78 is 0. The van der Waals surface area contributed by atoms with Crippen molar-refractivity contribution in [3.63, 3.8) is 0 Å². The van der Waals surface area contributed by atoms with Crippen molar-refractivity contribution in [1.29, 1.82) is 0 Å². The molecule has 0 aromatic heterocycles. The number of allylic oxidation sites excluding steroid dienone is 3. The van der Waals surface area contributed by atoms with Crippen molar-refractivity contribution >= 4 is 15.9 Å². The fraction of sp³-hybridized carbons (Fsp3) is 0.429. The second-order valence-electron chi connectivity index (χ2n) is 2.48. The molecule has 0 heterocycles. The average molecular weight is 171 g/mol. The van der Waals surface area contributed by atoms with Crippen LogP contribution in [0.1, 0.15) is 0 Å². The Morgan fingerprint density at radius 3 is 2.62 bits per heavy atom.